The van der Waals surface area contributed by atoms with Crippen LogP contribution in [-0.2, 0) is 9.53 Å². The molecule has 0 spiro atoms. The Balaban J connectivity index is 1.83. The first kappa shape index (κ1) is 16.4. The highest BCUT2D eigenvalue weighted by atomic mass is 16.5. The van der Waals surface area contributed by atoms with E-state index in [-0.39, 0.29) is 36.9 Å². The second-order valence-corrected chi connectivity index (χ2v) is 4.60. The fourth-order valence-corrected chi connectivity index (χ4v) is 1.81. The zero-order valence-electron chi connectivity index (χ0n) is 12.6. The summed E-state index contributed by atoms with van der Waals surface area (Å²) >= 11 is 0. The molecule has 1 heterocycles. The fraction of sp³-hybridized carbons (Fsp3) is 0.250. The average molecular weight is 316 g/mol. The molecule has 7 nitrogen and oxygen atoms in total. The van der Waals surface area contributed by atoms with Crippen LogP contribution < -0.4 is 5.32 Å². The molecule has 2 rings (SSSR count). The standard InChI is InChI=1S/C16H16N2O5/c1-2-22-15(21)12-10-23-16(17-12)18-14(20)9-8-13(19)11-6-4-3-5-7-11/h3-7,10H,2,8-9H2,1H3,(H,17,18,20). The quantitative estimate of drug-likeness (QED) is 0.622. The fourth-order valence-electron chi connectivity index (χ4n) is 1.81. The van der Waals surface area contributed by atoms with E-state index in [1.54, 1.807) is 31.2 Å². The van der Waals surface area contributed by atoms with Crippen molar-refractivity contribution in [3.05, 3.63) is 47.9 Å². The molecule has 0 bridgehead atoms. The smallest absolute Gasteiger partial charge is 0.360 e. The Bertz CT molecular complexity index is 694. The molecule has 0 aliphatic heterocycles. The summed E-state index contributed by atoms with van der Waals surface area (Å²) in [5.74, 6) is -1.18. The molecule has 0 radical (unpaired) electrons. The van der Waals surface area contributed by atoms with Gasteiger partial charge in [0.15, 0.2) is 11.5 Å². The van der Waals surface area contributed by atoms with Gasteiger partial charge < -0.3 is 9.15 Å². The molecule has 7 heteroatoms. The lowest BCUT2D eigenvalue weighted by atomic mass is 10.1. The van der Waals surface area contributed by atoms with Gasteiger partial charge >= 0.3 is 12.0 Å². The topological polar surface area (TPSA) is 98.5 Å². The third-order valence-corrected chi connectivity index (χ3v) is 2.91. The first-order valence-corrected chi connectivity index (χ1v) is 7.11. The molecule has 0 fully saturated rings. The molecule has 1 aromatic heterocycles. The van der Waals surface area contributed by atoms with Gasteiger partial charge in [-0.1, -0.05) is 30.3 Å². The minimum absolute atomic E-state index is 0.00908. The summed E-state index contributed by atoms with van der Waals surface area (Å²) in [7, 11) is 0. The van der Waals surface area contributed by atoms with Crippen LogP contribution in [0.5, 0.6) is 0 Å². The Labute approximate surface area is 132 Å². The van der Waals surface area contributed by atoms with Crippen molar-refractivity contribution in [2.24, 2.45) is 0 Å². The summed E-state index contributed by atoms with van der Waals surface area (Å²) in [6.45, 7) is 1.89. The van der Waals surface area contributed by atoms with Crippen molar-refractivity contribution in [1.82, 2.24) is 4.98 Å². The number of aromatic nitrogens is 1. The number of hydrogen-bond acceptors (Lipinski definition) is 6. The zero-order chi connectivity index (χ0) is 16.7. The van der Waals surface area contributed by atoms with Crippen LogP contribution in [0.15, 0.2) is 41.0 Å². The molecule has 0 aliphatic rings. The van der Waals surface area contributed by atoms with E-state index >= 15 is 0 Å². The summed E-state index contributed by atoms with van der Waals surface area (Å²) in [4.78, 5) is 38.9. The molecule has 23 heavy (non-hydrogen) atoms. The molecule has 0 atom stereocenters. The lowest BCUT2D eigenvalue weighted by molar-refractivity contribution is -0.116. The monoisotopic (exact) mass is 316 g/mol. The van der Waals surface area contributed by atoms with Crippen molar-refractivity contribution in [3.8, 4) is 0 Å². The van der Waals surface area contributed by atoms with E-state index in [0.717, 1.165) is 6.26 Å². The number of benzene rings is 1. The Morgan fingerprint density at radius 3 is 2.61 bits per heavy atom. The maximum atomic E-state index is 11.9. The minimum Gasteiger partial charge on any atom is -0.461 e. The zero-order valence-corrected chi connectivity index (χ0v) is 12.6. The van der Waals surface area contributed by atoms with Crippen LogP contribution in [0.2, 0.25) is 0 Å². The van der Waals surface area contributed by atoms with Gasteiger partial charge in [-0.15, -0.1) is 0 Å². The molecule has 0 aliphatic carbocycles. The number of esters is 1. The van der Waals surface area contributed by atoms with Gasteiger partial charge in [0, 0.05) is 18.4 Å². The van der Waals surface area contributed by atoms with E-state index in [1.165, 1.54) is 0 Å². The van der Waals surface area contributed by atoms with Crippen LogP contribution in [0.4, 0.5) is 6.01 Å². The molecular formula is C16H16N2O5. The number of nitrogens with zero attached hydrogens (tertiary/aromatic N) is 1. The first-order valence-electron chi connectivity index (χ1n) is 7.11. The molecule has 0 saturated heterocycles. The second kappa shape index (κ2) is 7.88. The molecule has 2 aromatic rings. The number of anilines is 1. The lowest BCUT2D eigenvalue weighted by Gasteiger charge is -2.01. The van der Waals surface area contributed by atoms with Crippen molar-refractivity contribution in [3.63, 3.8) is 0 Å². The van der Waals surface area contributed by atoms with Crippen molar-refractivity contribution in [2.45, 2.75) is 19.8 Å². The van der Waals surface area contributed by atoms with Gasteiger partial charge in [-0.25, -0.2) is 4.79 Å². The largest absolute Gasteiger partial charge is 0.461 e. The predicted molar refractivity (Wildman–Crippen MR) is 81.1 cm³/mol. The van der Waals surface area contributed by atoms with Crippen molar-refractivity contribution >= 4 is 23.7 Å². The average Bonchev–Trinajstić information content (AvgIpc) is 3.02. The van der Waals surface area contributed by atoms with Crippen molar-refractivity contribution < 1.29 is 23.5 Å². The van der Waals surface area contributed by atoms with Gasteiger partial charge in [0.1, 0.15) is 6.26 Å². The molecule has 0 unspecified atom stereocenters. The normalized spacial score (nSPS) is 10.1. The number of amides is 1. The number of rotatable bonds is 7. The van der Waals surface area contributed by atoms with E-state index in [4.69, 9.17) is 9.15 Å². The number of carbonyl (C=O) groups is 3. The number of ketones is 1. The van der Waals surface area contributed by atoms with Crippen LogP contribution in [-0.4, -0.2) is 29.3 Å². The van der Waals surface area contributed by atoms with Crippen LogP contribution in [0.25, 0.3) is 0 Å². The van der Waals surface area contributed by atoms with Gasteiger partial charge in [0.05, 0.1) is 6.61 Å². The van der Waals surface area contributed by atoms with Crippen molar-refractivity contribution in [2.75, 3.05) is 11.9 Å². The third-order valence-electron chi connectivity index (χ3n) is 2.91. The molecule has 1 N–H and O–H groups in total. The number of nitrogens with one attached hydrogen (secondary N) is 1. The number of hydrogen-bond donors (Lipinski definition) is 1. The van der Waals surface area contributed by atoms with E-state index < -0.39 is 11.9 Å². The van der Waals surface area contributed by atoms with Crippen LogP contribution >= 0.6 is 0 Å². The SMILES string of the molecule is CCOC(=O)c1coc(NC(=O)CCC(=O)c2ccccc2)n1. The Morgan fingerprint density at radius 2 is 1.91 bits per heavy atom. The van der Waals surface area contributed by atoms with Gasteiger partial charge in [-0.05, 0) is 6.92 Å². The van der Waals surface area contributed by atoms with Gasteiger partial charge in [0.25, 0.3) is 0 Å². The number of Topliss-reactive ketones (excluding diaryl/α,β-unsaturated/α-hetero) is 1. The molecule has 1 amide bonds. The first-order chi connectivity index (χ1) is 11.1. The van der Waals surface area contributed by atoms with E-state index in [2.05, 4.69) is 10.3 Å². The van der Waals surface area contributed by atoms with Gasteiger partial charge in [0.2, 0.25) is 5.91 Å². The molecule has 0 saturated carbocycles. The summed E-state index contributed by atoms with van der Waals surface area (Å²) < 4.78 is 9.72. The van der Waals surface area contributed by atoms with E-state index in [0.29, 0.717) is 5.56 Å². The van der Waals surface area contributed by atoms with Crippen LogP contribution in [0.1, 0.15) is 40.6 Å². The predicted octanol–water partition coefficient (Wildman–Crippen LogP) is 2.45. The molecule has 1 aromatic carbocycles. The molecule has 120 valence electrons. The van der Waals surface area contributed by atoms with Crippen molar-refractivity contribution in [1.29, 1.82) is 0 Å². The minimum atomic E-state index is -0.629. The summed E-state index contributed by atoms with van der Waals surface area (Å²) in [5.41, 5.74) is 0.531. The summed E-state index contributed by atoms with van der Waals surface area (Å²) in [5, 5.41) is 2.39. The maximum absolute atomic E-state index is 11.9. The Kier molecular flexibility index (Phi) is 5.62. The van der Waals surface area contributed by atoms with Gasteiger partial charge in [-0.2, -0.15) is 4.98 Å². The maximum Gasteiger partial charge on any atom is 0.360 e. The summed E-state index contributed by atoms with van der Waals surface area (Å²) in [6, 6.07) is 8.62. The van der Waals surface area contributed by atoms with Crippen LogP contribution in [0, 0.1) is 0 Å². The van der Waals surface area contributed by atoms with Crippen LogP contribution in [0.3, 0.4) is 0 Å². The highest BCUT2D eigenvalue weighted by molar-refractivity contribution is 5.99. The Hall–Kier alpha value is -2.96. The lowest BCUT2D eigenvalue weighted by Crippen LogP contribution is -2.14. The van der Waals surface area contributed by atoms with E-state index in [1.807, 2.05) is 6.07 Å². The molecular weight excluding hydrogens is 300 g/mol. The second-order valence-electron chi connectivity index (χ2n) is 4.60. The highest BCUT2D eigenvalue weighted by Crippen LogP contribution is 2.10. The number of oxazole rings is 1. The number of carbonyl (C=O) groups excluding carboxylic acids is 3. The third kappa shape index (κ3) is 4.77. The number of ether oxygens (including phenoxy) is 1. The van der Waals surface area contributed by atoms with Gasteiger partial charge in [-0.3, -0.25) is 14.9 Å². The Morgan fingerprint density at radius 1 is 1.17 bits per heavy atom. The summed E-state index contributed by atoms with van der Waals surface area (Å²) in [6.07, 6.45) is 1.16. The highest BCUT2D eigenvalue weighted by Gasteiger charge is 2.15. The van der Waals surface area contributed by atoms with E-state index in [9.17, 15) is 14.4 Å².